The molecule has 0 saturated carbocycles. The van der Waals surface area contributed by atoms with Crippen LogP contribution in [0.25, 0.3) is 11.5 Å². The molecule has 0 bridgehead atoms. The molecule has 6 nitrogen and oxygen atoms in total. The van der Waals surface area contributed by atoms with Crippen molar-refractivity contribution in [1.82, 2.24) is 14.4 Å². The van der Waals surface area contributed by atoms with Gasteiger partial charge in [0, 0.05) is 24.6 Å². The lowest BCUT2D eigenvalue weighted by Crippen LogP contribution is -2.38. The van der Waals surface area contributed by atoms with Crippen LogP contribution in [-0.2, 0) is 10.0 Å². The number of benzene rings is 2. The van der Waals surface area contributed by atoms with Crippen molar-refractivity contribution >= 4 is 10.0 Å². The van der Waals surface area contributed by atoms with Gasteiger partial charge in [0.1, 0.15) is 5.82 Å². The van der Waals surface area contributed by atoms with Crippen molar-refractivity contribution in [2.24, 2.45) is 0 Å². The minimum atomic E-state index is -3.92. The summed E-state index contributed by atoms with van der Waals surface area (Å²) in [7, 11) is -3.92. The number of nitrogens with zero attached hydrogens (tertiary/aromatic N) is 3. The Labute approximate surface area is 165 Å². The normalized spacial score (nSPS) is 16.2. The van der Waals surface area contributed by atoms with Crippen molar-refractivity contribution in [2.75, 3.05) is 13.1 Å². The Hall–Kier alpha value is -2.72. The van der Waals surface area contributed by atoms with Gasteiger partial charge in [0.2, 0.25) is 10.0 Å². The van der Waals surface area contributed by atoms with E-state index in [1.165, 1.54) is 28.6 Å². The fourth-order valence-corrected chi connectivity index (χ4v) is 4.73. The Morgan fingerprint density at radius 2 is 1.66 bits per heavy atom. The van der Waals surface area contributed by atoms with E-state index in [0.29, 0.717) is 30.3 Å². The van der Waals surface area contributed by atoms with Crippen LogP contribution in [0, 0.1) is 17.5 Å². The van der Waals surface area contributed by atoms with Gasteiger partial charge in [0.15, 0.2) is 17.5 Å². The number of sulfonamides is 1. The molecule has 0 atom stereocenters. The third-order valence-corrected chi connectivity index (χ3v) is 6.78. The summed E-state index contributed by atoms with van der Waals surface area (Å²) in [5, 5.41) is 3.97. The molecule has 2 heterocycles. The molecular weight excluding hydrogens is 407 g/mol. The fraction of sp³-hybridized carbons (Fsp3) is 0.263. The van der Waals surface area contributed by atoms with Crippen molar-refractivity contribution in [3.05, 3.63) is 65.7 Å². The zero-order valence-corrected chi connectivity index (χ0v) is 15.9. The zero-order chi connectivity index (χ0) is 20.6. The van der Waals surface area contributed by atoms with Gasteiger partial charge in [0.25, 0.3) is 5.89 Å². The summed E-state index contributed by atoms with van der Waals surface area (Å²) in [5.41, 5.74) is 0.587. The molecule has 0 unspecified atom stereocenters. The first-order valence-corrected chi connectivity index (χ1v) is 10.3. The van der Waals surface area contributed by atoms with Crippen molar-refractivity contribution in [1.29, 1.82) is 0 Å². The molecule has 3 aromatic rings. The van der Waals surface area contributed by atoms with E-state index in [-0.39, 0.29) is 35.6 Å². The van der Waals surface area contributed by atoms with Crippen LogP contribution in [-0.4, -0.2) is 36.0 Å². The van der Waals surface area contributed by atoms with Gasteiger partial charge in [0.05, 0.1) is 4.90 Å². The molecule has 10 heteroatoms. The van der Waals surface area contributed by atoms with Crippen LogP contribution >= 0.6 is 0 Å². The Morgan fingerprint density at radius 1 is 0.966 bits per heavy atom. The van der Waals surface area contributed by atoms with Gasteiger partial charge in [-0.3, -0.25) is 0 Å². The quantitative estimate of drug-likeness (QED) is 0.639. The first-order valence-electron chi connectivity index (χ1n) is 8.89. The molecule has 0 N–H and O–H groups in total. The van der Waals surface area contributed by atoms with Crippen molar-refractivity contribution in [2.45, 2.75) is 23.7 Å². The molecule has 0 radical (unpaired) electrons. The van der Waals surface area contributed by atoms with Gasteiger partial charge in [-0.1, -0.05) is 5.16 Å². The minimum Gasteiger partial charge on any atom is -0.334 e. The summed E-state index contributed by atoms with van der Waals surface area (Å²) in [6.07, 6.45) is 0.899. The molecule has 4 rings (SSSR count). The smallest absolute Gasteiger partial charge is 0.257 e. The van der Waals surface area contributed by atoms with E-state index < -0.39 is 21.7 Å². The highest BCUT2D eigenvalue weighted by Crippen LogP contribution is 2.31. The van der Waals surface area contributed by atoms with Crippen molar-refractivity contribution < 1.29 is 26.1 Å². The first kappa shape index (κ1) is 19.6. The molecule has 0 aliphatic carbocycles. The number of rotatable bonds is 4. The Morgan fingerprint density at radius 3 is 2.31 bits per heavy atom. The summed E-state index contributed by atoms with van der Waals surface area (Å²) in [4.78, 5) is 4.06. The zero-order valence-electron chi connectivity index (χ0n) is 15.1. The summed E-state index contributed by atoms with van der Waals surface area (Å²) in [6.45, 7) is 0.374. The predicted molar refractivity (Wildman–Crippen MR) is 96.8 cm³/mol. The number of hydrogen-bond acceptors (Lipinski definition) is 5. The van der Waals surface area contributed by atoms with E-state index in [0.717, 1.165) is 12.1 Å². The Kier molecular flexibility index (Phi) is 5.13. The highest BCUT2D eigenvalue weighted by atomic mass is 32.2. The molecule has 1 saturated heterocycles. The number of aromatic nitrogens is 2. The van der Waals surface area contributed by atoms with Crippen LogP contribution in [0.2, 0.25) is 0 Å². The van der Waals surface area contributed by atoms with Crippen LogP contribution in [0.1, 0.15) is 24.6 Å². The van der Waals surface area contributed by atoms with E-state index in [2.05, 4.69) is 10.1 Å². The number of hydrogen-bond donors (Lipinski definition) is 0. The topological polar surface area (TPSA) is 76.3 Å². The third-order valence-electron chi connectivity index (χ3n) is 4.88. The molecular formula is C19H16F3N3O3S. The average molecular weight is 423 g/mol. The molecule has 152 valence electrons. The van der Waals surface area contributed by atoms with Gasteiger partial charge in [-0.15, -0.1) is 0 Å². The maximum atomic E-state index is 13.4. The van der Waals surface area contributed by atoms with E-state index in [1.54, 1.807) is 0 Å². The molecule has 2 aromatic carbocycles. The summed E-state index contributed by atoms with van der Waals surface area (Å²) in [5.74, 6) is -2.07. The van der Waals surface area contributed by atoms with Gasteiger partial charge in [-0.25, -0.2) is 21.6 Å². The molecule has 1 aliphatic heterocycles. The van der Waals surface area contributed by atoms with Crippen molar-refractivity contribution in [3.8, 4) is 11.5 Å². The molecule has 0 spiro atoms. The second-order valence-electron chi connectivity index (χ2n) is 6.72. The lowest BCUT2D eigenvalue weighted by Gasteiger charge is -2.29. The van der Waals surface area contributed by atoms with Gasteiger partial charge < -0.3 is 4.52 Å². The summed E-state index contributed by atoms with van der Waals surface area (Å²) < 4.78 is 71.3. The second kappa shape index (κ2) is 7.60. The van der Waals surface area contributed by atoms with E-state index in [9.17, 15) is 21.6 Å². The maximum absolute atomic E-state index is 13.4. The Balaban J connectivity index is 1.45. The maximum Gasteiger partial charge on any atom is 0.257 e. The number of piperidine rings is 1. The first-order chi connectivity index (χ1) is 13.8. The van der Waals surface area contributed by atoms with Gasteiger partial charge in [-0.2, -0.15) is 9.29 Å². The third kappa shape index (κ3) is 3.90. The van der Waals surface area contributed by atoms with Crippen molar-refractivity contribution in [3.63, 3.8) is 0 Å². The van der Waals surface area contributed by atoms with E-state index in [1.807, 2.05) is 0 Å². The van der Waals surface area contributed by atoms with Crippen LogP contribution in [0.4, 0.5) is 13.2 Å². The van der Waals surface area contributed by atoms with E-state index >= 15 is 0 Å². The average Bonchev–Trinajstić information content (AvgIpc) is 3.21. The van der Waals surface area contributed by atoms with Crippen LogP contribution < -0.4 is 0 Å². The molecule has 0 amide bonds. The van der Waals surface area contributed by atoms with Crippen LogP contribution in [0.3, 0.4) is 0 Å². The minimum absolute atomic E-state index is 0.107. The molecule has 1 aromatic heterocycles. The molecule has 1 fully saturated rings. The molecule has 29 heavy (non-hydrogen) atoms. The van der Waals surface area contributed by atoms with Crippen LogP contribution in [0.5, 0.6) is 0 Å². The predicted octanol–water partition coefficient (Wildman–Crippen LogP) is 3.72. The second-order valence-corrected chi connectivity index (χ2v) is 8.66. The standard InChI is InChI=1S/C19H16F3N3O3S/c20-14-3-1-13(2-4-14)19-23-18(24-28-19)12-7-9-25(10-8-12)29(26,27)15-5-6-16(21)17(22)11-15/h1-6,11-12H,7-10H2. The lowest BCUT2D eigenvalue weighted by atomic mass is 9.97. The van der Waals surface area contributed by atoms with Crippen LogP contribution in [0.15, 0.2) is 51.9 Å². The molecule has 1 aliphatic rings. The largest absolute Gasteiger partial charge is 0.334 e. The fourth-order valence-electron chi connectivity index (χ4n) is 3.25. The Bertz CT molecular complexity index is 1130. The summed E-state index contributed by atoms with van der Waals surface area (Å²) >= 11 is 0. The highest BCUT2D eigenvalue weighted by Gasteiger charge is 2.32. The SMILES string of the molecule is O=S(=O)(c1ccc(F)c(F)c1)N1CCC(c2noc(-c3ccc(F)cc3)n2)CC1. The number of halogens is 3. The monoisotopic (exact) mass is 423 g/mol. The van der Waals surface area contributed by atoms with E-state index in [4.69, 9.17) is 4.52 Å². The highest BCUT2D eigenvalue weighted by molar-refractivity contribution is 7.89. The lowest BCUT2D eigenvalue weighted by molar-refractivity contribution is 0.307. The van der Waals surface area contributed by atoms with Gasteiger partial charge >= 0.3 is 0 Å². The van der Waals surface area contributed by atoms with Gasteiger partial charge in [-0.05, 0) is 55.3 Å². The summed E-state index contributed by atoms with van der Waals surface area (Å²) in [6, 6.07) is 8.18.